The van der Waals surface area contributed by atoms with E-state index in [1.807, 2.05) is 47.8 Å². The van der Waals surface area contributed by atoms with E-state index in [1.165, 1.54) is 0 Å². The Morgan fingerprint density at radius 1 is 1.14 bits per heavy atom. The molecular formula is C16H16N2O2S. The zero-order chi connectivity index (χ0) is 14.5. The second-order valence-corrected chi connectivity index (χ2v) is 5.72. The Kier molecular flexibility index (Phi) is 4.21. The van der Waals surface area contributed by atoms with Gasteiger partial charge in [-0.15, -0.1) is 11.3 Å². The first kappa shape index (κ1) is 13.7. The molecule has 0 bridgehead atoms. The molecule has 5 heteroatoms. The molecule has 2 heterocycles. The Bertz CT molecular complexity index is 686. The fraction of sp³-hybridized carbons (Fsp3) is 0.188. The second-order valence-electron chi connectivity index (χ2n) is 4.69. The van der Waals surface area contributed by atoms with E-state index in [2.05, 4.69) is 10.6 Å². The SMILES string of the molecule is O=C(NCCc1cc2ccccc2o1)NCc1cccs1. The number of thiophene rings is 1. The van der Waals surface area contributed by atoms with E-state index >= 15 is 0 Å². The molecule has 3 aromatic rings. The van der Waals surface area contributed by atoms with Gasteiger partial charge in [-0.3, -0.25) is 0 Å². The van der Waals surface area contributed by atoms with Crippen LogP contribution in [-0.2, 0) is 13.0 Å². The summed E-state index contributed by atoms with van der Waals surface area (Å²) in [6.45, 7) is 1.12. The molecule has 0 saturated heterocycles. The Labute approximate surface area is 126 Å². The van der Waals surface area contributed by atoms with Crippen molar-refractivity contribution in [3.63, 3.8) is 0 Å². The van der Waals surface area contributed by atoms with Crippen molar-refractivity contribution in [3.8, 4) is 0 Å². The maximum absolute atomic E-state index is 11.7. The molecule has 3 rings (SSSR count). The van der Waals surface area contributed by atoms with E-state index in [1.54, 1.807) is 11.3 Å². The molecule has 0 aliphatic carbocycles. The molecular weight excluding hydrogens is 284 g/mol. The Morgan fingerprint density at radius 2 is 2.05 bits per heavy atom. The van der Waals surface area contributed by atoms with Crippen molar-refractivity contribution in [3.05, 3.63) is 58.5 Å². The molecule has 0 unspecified atom stereocenters. The highest BCUT2D eigenvalue weighted by molar-refractivity contribution is 7.09. The predicted octanol–water partition coefficient (Wildman–Crippen LogP) is 3.54. The fourth-order valence-corrected chi connectivity index (χ4v) is 2.75. The van der Waals surface area contributed by atoms with Gasteiger partial charge in [-0.2, -0.15) is 0 Å². The number of rotatable bonds is 5. The van der Waals surface area contributed by atoms with Crippen LogP contribution in [0, 0.1) is 0 Å². The van der Waals surface area contributed by atoms with Gasteiger partial charge in [0, 0.05) is 23.2 Å². The van der Waals surface area contributed by atoms with Crippen LogP contribution in [0.25, 0.3) is 11.0 Å². The van der Waals surface area contributed by atoms with Crippen LogP contribution in [0.5, 0.6) is 0 Å². The van der Waals surface area contributed by atoms with E-state index in [9.17, 15) is 4.79 Å². The van der Waals surface area contributed by atoms with Crippen LogP contribution in [0.1, 0.15) is 10.6 Å². The molecule has 108 valence electrons. The number of nitrogens with one attached hydrogen (secondary N) is 2. The van der Waals surface area contributed by atoms with Crippen LogP contribution in [-0.4, -0.2) is 12.6 Å². The lowest BCUT2D eigenvalue weighted by molar-refractivity contribution is 0.240. The molecule has 0 aliphatic heterocycles. The summed E-state index contributed by atoms with van der Waals surface area (Å²) in [5, 5.41) is 8.75. The lowest BCUT2D eigenvalue weighted by atomic mass is 10.2. The number of carbonyl (C=O) groups excluding carboxylic acids is 1. The molecule has 2 aromatic heterocycles. The Morgan fingerprint density at radius 3 is 2.86 bits per heavy atom. The highest BCUT2D eigenvalue weighted by Gasteiger charge is 2.04. The molecule has 1 aromatic carbocycles. The summed E-state index contributed by atoms with van der Waals surface area (Å²) in [5.41, 5.74) is 0.884. The van der Waals surface area contributed by atoms with Crippen LogP contribution in [0.2, 0.25) is 0 Å². The minimum atomic E-state index is -0.153. The van der Waals surface area contributed by atoms with E-state index in [0.29, 0.717) is 19.5 Å². The molecule has 0 aliphatic rings. The van der Waals surface area contributed by atoms with Gasteiger partial charge in [0.2, 0.25) is 0 Å². The molecule has 0 atom stereocenters. The van der Waals surface area contributed by atoms with E-state index in [4.69, 9.17) is 4.42 Å². The molecule has 0 saturated carbocycles. The number of hydrogen-bond acceptors (Lipinski definition) is 3. The number of benzene rings is 1. The van der Waals surface area contributed by atoms with Gasteiger partial charge in [0.25, 0.3) is 0 Å². The van der Waals surface area contributed by atoms with Crippen LogP contribution in [0.4, 0.5) is 4.79 Å². The third-order valence-electron chi connectivity index (χ3n) is 3.14. The summed E-state index contributed by atoms with van der Waals surface area (Å²) < 4.78 is 5.70. The first-order valence-electron chi connectivity index (χ1n) is 6.83. The Balaban J connectivity index is 1.44. The van der Waals surface area contributed by atoms with Crippen molar-refractivity contribution in [2.75, 3.05) is 6.54 Å². The first-order chi connectivity index (χ1) is 10.3. The number of carbonyl (C=O) groups is 1. The number of para-hydroxylation sites is 1. The summed E-state index contributed by atoms with van der Waals surface area (Å²) in [6.07, 6.45) is 0.682. The molecule has 0 radical (unpaired) electrons. The molecule has 0 fully saturated rings. The molecule has 21 heavy (non-hydrogen) atoms. The summed E-state index contributed by atoms with van der Waals surface area (Å²) in [7, 11) is 0. The van der Waals surface area contributed by atoms with Gasteiger partial charge >= 0.3 is 6.03 Å². The maximum Gasteiger partial charge on any atom is 0.315 e. The summed E-state index contributed by atoms with van der Waals surface area (Å²) in [5.74, 6) is 0.884. The number of hydrogen-bond donors (Lipinski definition) is 2. The quantitative estimate of drug-likeness (QED) is 0.757. The van der Waals surface area contributed by atoms with Gasteiger partial charge in [0.1, 0.15) is 11.3 Å². The van der Waals surface area contributed by atoms with Gasteiger partial charge < -0.3 is 15.1 Å². The van der Waals surface area contributed by atoms with Crippen molar-refractivity contribution in [1.29, 1.82) is 0 Å². The average molecular weight is 300 g/mol. The highest BCUT2D eigenvalue weighted by atomic mass is 32.1. The van der Waals surface area contributed by atoms with Crippen molar-refractivity contribution in [2.24, 2.45) is 0 Å². The lowest BCUT2D eigenvalue weighted by Gasteiger charge is -2.05. The largest absolute Gasteiger partial charge is 0.461 e. The third kappa shape index (κ3) is 3.64. The van der Waals surface area contributed by atoms with Gasteiger partial charge in [-0.05, 0) is 23.6 Å². The number of furan rings is 1. The molecule has 0 spiro atoms. The minimum Gasteiger partial charge on any atom is -0.461 e. The van der Waals surface area contributed by atoms with Crippen LogP contribution >= 0.6 is 11.3 Å². The van der Waals surface area contributed by atoms with Crippen LogP contribution in [0.15, 0.2) is 52.3 Å². The van der Waals surface area contributed by atoms with E-state index in [0.717, 1.165) is 21.6 Å². The standard InChI is InChI=1S/C16H16N2O2S/c19-16(18-11-14-5-3-9-21-14)17-8-7-13-10-12-4-1-2-6-15(12)20-13/h1-6,9-10H,7-8,11H2,(H2,17,18,19). The summed E-state index contributed by atoms with van der Waals surface area (Å²) in [4.78, 5) is 12.8. The van der Waals surface area contributed by atoms with Crippen molar-refractivity contribution in [1.82, 2.24) is 10.6 Å². The minimum absolute atomic E-state index is 0.153. The highest BCUT2D eigenvalue weighted by Crippen LogP contribution is 2.18. The van der Waals surface area contributed by atoms with Crippen molar-refractivity contribution in [2.45, 2.75) is 13.0 Å². The third-order valence-corrected chi connectivity index (χ3v) is 4.01. The predicted molar refractivity (Wildman–Crippen MR) is 84.5 cm³/mol. The van der Waals surface area contributed by atoms with Crippen LogP contribution < -0.4 is 10.6 Å². The van der Waals surface area contributed by atoms with E-state index < -0.39 is 0 Å². The molecule has 2 N–H and O–H groups in total. The number of amides is 2. The van der Waals surface area contributed by atoms with Crippen molar-refractivity contribution >= 4 is 28.3 Å². The Hall–Kier alpha value is -2.27. The van der Waals surface area contributed by atoms with Gasteiger partial charge in [0.15, 0.2) is 0 Å². The van der Waals surface area contributed by atoms with Gasteiger partial charge in [0.05, 0.1) is 6.54 Å². The van der Waals surface area contributed by atoms with Crippen LogP contribution in [0.3, 0.4) is 0 Å². The summed E-state index contributed by atoms with van der Waals surface area (Å²) in [6, 6.07) is 13.7. The lowest BCUT2D eigenvalue weighted by Crippen LogP contribution is -2.35. The summed E-state index contributed by atoms with van der Waals surface area (Å²) >= 11 is 1.63. The number of fused-ring (bicyclic) bond motifs is 1. The normalized spacial score (nSPS) is 10.7. The molecule has 2 amide bonds. The average Bonchev–Trinajstić information content (AvgIpc) is 3.14. The smallest absolute Gasteiger partial charge is 0.315 e. The number of urea groups is 1. The first-order valence-corrected chi connectivity index (χ1v) is 7.71. The topological polar surface area (TPSA) is 54.3 Å². The van der Waals surface area contributed by atoms with Gasteiger partial charge in [-0.1, -0.05) is 24.3 Å². The maximum atomic E-state index is 11.7. The fourth-order valence-electron chi connectivity index (χ4n) is 2.10. The van der Waals surface area contributed by atoms with Crippen molar-refractivity contribution < 1.29 is 9.21 Å². The van der Waals surface area contributed by atoms with Gasteiger partial charge in [-0.25, -0.2) is 4.79 Å². The monoisotopic (exact) mass is 300 g/mol. The molecule has 4 nitrogen and oxygen atoms in total. The zero-order valence-corrected chi connectivity index (χ0v) is 12.3. The second kappa shape index (κ2) is 6.45. The van der Waals surface area contributed by atoms with E-state index in [-0.39, 0.29) is 6.03 Å². The zero-order valence-electron chi connectivity index (χ0n) is 11.5.